The average molecular weight is 447 g/mol. The first-order valence-electron chi connectivity index (χ1n) is 10.5. The van der Waals surface area contributed by atoms with Crippen LogP contribution in [0.4, 0.5) is 11.4 Å². The Kier molecular flexibility index (Phi) is 6.22. The number of carbonyl (C=O) groups is 1. The van der Waals surface area contributed by atoms with Gasteiger partial charge in [-0.1, -0.05) is 12.1 Å². The number of esters is 1. The number of hydrogen-bond acceptors (Lipinski definition) is 8. The van der Waals surface area contributed by atoms with Crippen molar-refractivity contribution in [2.75, 3.05) is 24.6 Å². The molecule has 0 amide bonds. The molecule has 1 aliphatic heterocycles. The summed E-state index contributed by atoms with van der Waals surface area (Å²) in [5, 5.41) is 31.2. The molecule has 10 heteroatoms. The molecule has 2 aromatic carbocycles. The van der Waals surface area contributed by atoms with Crippen molar-refractivity contribution in [3.63, 3.8) is 0 Å². The molecule has 2 N–H and O–H groups in total. The van der Waals surface area contributed by atoms with Crippen LogP contribution < -0.4 is 4.90 Å². The van der Waals surface area contributed by atoms with Crippen LogP contribution >= 0.6 is 0 Å². The SMILES string of the molecule is N#C/C(=C(/O)COC(=O)c1cc([N+](=O)[O-])ccc1N1CCCCC1)c1nc2ccccc2[nH]1. The van der Waals surface area contributed by atoms with E-state index in [0.717, 1.165) is 32.4 Å². The molecule has 3 aromatic rings. The summed E-state index contributed by atoms with van der Waals surface area (Å²) in [6.07, 6.45) is 3.00. The first-order valence-corrected chi connectivity index (χ1v) is 10.5. The van der Waals surface area contributed by atoms with E-state index >= 15 is 0 Å². The Hall–Kier alpha value is -4.39. The van der Waals surface area contributed by atoms with Crippen molar-refractivity contribution in [3.05, 3.63) is 69.7 Å². The van der Waals surface area contributed by atoms with Gasteiger partial charge in [-0.25, -0.2) is 9.78 Å². The van der Waals surface area contributed by atoms with Crippen molar-refractivity contribution in [3.8, 4) is 6.07 Å². The number of imidazole rings is 1. The van der Waals surface area contributed by atoms with Crippen molar-refractivity contribution in [2.24, 2.45) is 0 Å². The van der Waals surface area contributed by atoms with Gasteiger partial charge in [0.05, 0.1) is 27.2 Å². The third kappa shape index (κ3) is 4.62. The number of carbonyl (C=O) groups excluding carboxylic acids is 1. The molecule has 0 unspecified atom stereocenters. The number of nitro groups is 1. The van der Waals surface area contributed by atoms with Crippen LogP contribution in [0.5, 0.6) is 0 Å². The topological polar surface area (TPSA) is 145 Å². The Labute approximate surface area is 188 Å². The zero-order chi connectivity index (χ0) is 23.4. The molecular formula is C23H21N5O5. The number of para-hydroxylation sites is 2. The summed E-state index contributed by atoms with van der Waals surface area (Å²) in [5.41, 5.74) is 1.50. The van der Waals surface area contributed by atoms with E-state index in [4.69, 9.17) is 4.74 Å². The summed E-state index contributed by atoms with van der Waals surface area (Å²) < 4.78 is 5.25. The second-order valence-corrected chi connectivity index (χ2v) is 7.62. The standard InChI is InChI=1S/C23H21N5O5/c24-13-17(22-25-18-6-2-3-7-19(18)26-22)21(29)14-33-23(30)16-12-15(28(31)32)8-9-20(16)27-10-4-1-5-11-27/h2-3,6-9,12,29H,1,4-5,10-11,14H2,(H,25,26)/b21-17-. The fraction of sp³-hybridized carbons (Fsp3) is 0.261. The molecule has 2 heterocycles. The predicted octanol–water partition coefficient (Wildman–Crippen LogP) is 4.11. The Morgan fingerprint density at radius 3 is 2.70 bits per heavy atom. The molecule has 0 aliphatic carbocycles. The van der Waals surface area contributed by atoms with E-state index in [9.17, 15) is 25.3 Å². The van der Waals surface area contributed by atoms with E-state index in [1.165, 1.54) is 12.1 Å². The van der Waals surface area contributed by atoms with Gasteiger partial charge in [-0.2, -0.15) is 5.26 Å². The summed E-state index contributed by atoms with van der Waals surface area (Å²) in [7, 11) is 0. The minimum absolute atomic E-state index is 0.0427. The molecule has 1 aromatic heterocycles. The highest BCUT2D eigenvalue weighted by molar-refractivity contribution is 5.97. The first-order chi connectivity index (χ1) is 16.0. The van der Waals surface area contributed by atoms with Crippen LogP contribution in [0, 0.1) is 21.4 Å². The largest absolute Gasteiger partial charge is 0.507 e. The molecule has 0 spiro atoms. The number of nitrogens with zero attached hydrogens (tertiary/aromatic N) is 4. The number of nitro benzene ring substituents is 1. The summed E-state index contributed by atoms with van der Waals surface area (Å²) in [6, 6.07) is 13.1. The van der Waals surface area contributed by atoms with Crippen molar-refractivity contribution < 1.29 is 19.6 Å². The van der Waals surface area contributed by atoms with Crippen LogP contribution in [0.2, 0.25) is 0 Å². The maximum absolute atomic E-state index is 12.9. The molecule has 33 heavy (non-hydrogen) atoms. The number of H-pyrrole nitrogens is 1. The predicted molar refractivity (Wildman–Crippen MR) is 121 cm³/mol. The summed E-state index contributed by atoms with van der Waals surface area (Å²) in [4.78, 5) is 32.7. The van der Waals surface area contributed by atoms with Crippen LogP contribution in [-0.4, -0.2) is 45.7 Å². The fourth-order valence-corrected chi connectivity index (χ4v) is 3.82. The molecule has 0 radical (unpaired) electrons. The fourth-order valence-electron chi connectivity index (χ4n) is 3.82. The molecule has 1 aliphatic rings. The minimum atomic E-state index is -0.826. The minimum Gasteiger partial charge on any atom is -0.507 e. The second kappa shape index (κ2) is 9.40. The number of piperidine rings is 1. The van der Waals surface area contributed by atoms with Crippen LogP contribution in [0.3, 0.4) is 0 Å². The Balaban J connectivity index is 1.58. The Bertz CT molecular complexity index is 1250. The van der Waals surface area contributed by atoms with E-state index in [-0.39, 0.29) is 22.6 Å². The van der Waals surface area contributed by atoms with Crippen LogP contribution in [0.25, 0.3) is 16.6 Å². The molecule has 4 rings (SSSR count). The zero-order valence-electron chi connectivity index (χ0n) is 17.7. The number of aromatic nitrogens is 2. The van der Waals surface area contributed by atoms with Crippen molar-refractivity contribution in [1.29, 1.82) is 5.26 Å². The molecule has 0 saturated carbocycles. The molecule has 1 fully saturated rings. The second-order valence-electron chi connectivity index (χ2n) is 7.62. The van der Waals surface area contributed by atoms with Gasteiger partial charge in [-0.15, -0.1) is 0 Å². The van der Waals surface area contributed by atoms with E-state index in [1.807, 2.05) is 11.0 Å². The lowest BCUT2D eigenvalue weighted by Crippen LogP contribution is -2.31. The molecule has 0 bridgehead atoms. The summed E-state index contributed by atoms with van der Waals surface area (Å²) >= 11 is 0. The van der Waals surface area contributed by atoms with Crippen LogP contribution in [0.1, 0.15) is 35.4 Å². The number of aromatic amines is 1. The normalized spacial score (nSPS) is 14.5. The molecule has 10 nitrogen and oxygen atoms in total. The van der Waals surface area contributed by atoms with E-state index in [2.05, 4.69) is 9.97 Å². The van der Waals surface area contributed by atoms with Gasteiger partial charge in [0.25, 0.3) is 5.69 Å². The highest BCUT2D eigenvalue weighted by Crippen LogP contribution is 2.29. The van der Waals surface area contributed by atoms with Gasteiger partial charge < -0.3 is 19.7 Å². The number of aliphatic hydroxyl groups excluding tert-OH is 1. The van der Waals surface area contributed by atoms with Gasteiger partial charge in [0.15, 0.2) is 11.6 Å². The molecule has 1 saturated heterocycles. The lowest BCUT2D eigenvalue weighted by atomic mass is 10.1. The number of anilines is 1. The van der Waals surface area contributed by atoms with E-state index < -0.39 is 23.3 Å². The third-order valence-corrected chi connectivity index (χ3v) is 5.47. The maximum atomic E-state index is 12.9. The number of aliphatic hydroxyl groups is 1. The highest BCUT2D eigenvalue weighted by atomic mass is 16.6. The van der Waals surface area contributed by atoms with Crippen molar-refractivity contribution >= 4 is 34.0 Å². The quantitative estimate of drug-likeness (QED) is 0.189. The summed E-state index contributed by atoms with van der Waals surface area (Å²) in [5.74, 6) is -1.15. The van der Waals surface area contributed by atoms with Gasteiger partial charge in [0.1, 0.15) is 18.2 Å². The van der Waals surface area contributed by atoms with Crippen molar-refractivity contribution in [1.82, 2.24) is 9.97 Å². The zero-order valence-corrected chi connectivity index (χ0v) is 17.7. The van der Waals surface area contributed by atoms with Gasteiger partial charge >= 0.3 is 5.97 Å². The van der Waals surface area contributed by atoms with Crippen molar-refractivity contribution in [2.45, 2.75) is 19.3 Å². The van der Waals surface area contributed by atoms with E-state index in [1.54, 1.807) is 30.3 Å². The molecule has 0 atom stereocenters. The summed E-state index contributed by atoms with van der Waals surface area (Å²) in [6.45, 7) is 0.878. The number of non-ortho nitro benzene ring substituents is 1. The maximum Gasteiger partial charge on any atom is 0.340 e. The molecule has 168 valence electrons. The third-order valence-electron chi connectivity index (χ3n) is 5.47. The number of rotatable bonds is 6. The van der Waals surface area contributed by atoms with Crippen LogP contribution in [-0.2, 0) is 4.74 Å². The number of allylic oxidation sites excluding steroid dienone is 1. The number of benzene rings is 2. The van der Waals surface area contributed by atoms with Gasteiger partial charge in [0.2, 0.25) is 0 Å². The number of hydrogen-bond donors (Lipinski definition) is 2. The number of ether oxygens (including phenoxy) is 1. The lowest BCUT2D eigenvalue weighted by Gasteiger charge is -2.30. The van der Waals surface area contributed by atoms with E-state index in [0.29, 0.717) is 16.7 Å². The van der Waals surface area contributed by atoms with Gasteiger partial charge in [0, 0.05) is 25.2 Å². The van der Waals surface area contributed by atoms with Gasteiger partial charge in [-0.05, 0) is 37.5 Å². The lowest BCUT2D eigenvalue weighted by molar-refractivity contribution is -0.384. The number of fused-ring (bicyclic) bond motifs is 1. The highest BCUT2D eigenvalue weighted by Gasteiger charge is 2.24. The Morgan fingerprint density at radius 1 is 1.24 bits per heavy atom. The first kappa shape index (κ1) is 21.8. The van der Waals surface area contributed by atoms with Gasteiger partial charge in [-0.3, -0.25) is 10.1 Å². The number of nitrogens with one attached hydrogen (secondary N) is 1. The molecular weight excluding hydrogens is 426 g/mol. The monoisotopic (exact) mass is 447 g/mol. The number of nitriles is 1. The van der Waals surface area contributed by atoms with Crippen LogP contribution in [0.15, 0.2) is 48.2 Å². The smallest absolute Gasteiger partial charge is 0.340 e. The average Bonchev–Trinajstić information content (AvgIpc) is 3.26. The Morgan fingerprint density at radius 2 is 2.00 bits per heavy atom.